The maximum absolute atomic E-state index is 12.9. The number of benzene rings is 3. The highest BCUT2D eigenvalue weighted by Gasteiger charge is 2.17. The minimum absolute atomic E-state index is 0.155. The van der Waals surface area contributed by atoms with Gasteiger partial charge < -0.3 is 10.1 Å². The van der Waals surface area contributed by atoms with Gasteiger partial charge in [-0.2, -0.15) is 0 Å². The van der Waals surface area contributed by atoms with E-state index in [0.717, 1.165) is 11.8 Å². The Hall–Kier alpha value is -3.39. The van der Waals surface area contributed by atoms with Gasteiger partial charge in [-0.1, -0.05) is 30.3 Å². The molecular formula is C25H27FN2O4S. The molecule has 0 aromatic heterocycles. The summed E-state index contributed by atoms with van der Waals surface area (Å²) in [6, 6.07) is 22.2. The van der Waals surface area contributed by atoms with Crippen LogP contribution in [0.25, 0.3) is 0 Å². The van der Waals surface area contributed by atoms with Crippen LogP contribution in [-0.4, -0.2) is 33.7 Å². The molecule has 3 aromatic rings. The maximum Gasteiger partial charge on any atom is 0.232 e. The van der Waals surface area contributed by atoms with Crippen LogP contribution in [0.3, 0.4) is 0 Å². The fourth-order valence-corrected chi connectivity index (χ4v) is 4.23. The topological polar surface area (TPSA) is 75.7 Å². The van der Waals surface area contributed by atoms with Crippen LogP contribution in [0.5, 0.6) is 11.5 Å². The summed E-state index contributed by atoms with van der Waals surface area (Å²) < 4.78 is 44.6. The summed E-state index contributed by atoms with van der Waals surface area (Å²) >= 11 is 0. The Morgan fingerprint density at radius 1 is 0.939 bits per heavy atom. The van der Waals surface area contributed by atoms with Crippen molar-refractivity contribution in [2.45, 2.75) is 19.3 Å². The average molecular weight is 471 g/mol. The highest BCUT2D eigenvalue weighted by molar-refractivity contribution is 7.92. The van der Waals surface area contributed by atoms with Gasteiger partial charge in [0.05, 0.1) is 11.9 Å². The second-order valence-electron chi connectivity index (χ2n) is 7.57. The van der Waals surface area contributed by atoms with E-state index in [1.807, 2.05) is 30.3 Å². The first kappa shape index (κ1) is 24.3. The average Bonchev–Trinajstić information content (AvgIpc) is 2.79. The van der Waals surface area contributed by atoms with Crippen molar-refractivity contribution in [3.8, 4) is 11.5 Å². The van der Waals surface area contributed by atoms with E-state index in [4.69, 9.17) is 4.74 Å². The van der Waals surface area contributed by atoms with E-state index >= 15 is 0 Å². The third kappa shape index (κ3) is 7.91. The smallest absolute Gasteiger partial charge is 0.232 e. The first-order valence-corrected chi connectivity index (χ1v) is 12.5. The molecule has 0 atom stereocenters. The number of amides is 1. The summed E-state index contributed by atoms with van der Waals surface area (Å²) in [4.78, 5) is 12.1. The lowest BCUT2D eigenvalue weighted by molar-refractivity contribution is -0.121. The first-order chi connectivity index (χ1) is 15.8. The third-order valence-electron chi connectivity index (χ3n) is 4.92. The van der Waals surface area contributed by atoms with Gasteiger partial charge in [0.1, 0.15) is 17.3 Å². The molecule has 0 unspecified atom stereocenters. The molecule has 8 heteroatoms. The third-order valence-corrected chi connectivity index (χ3v) is 6.11. The molecule has 1 N–H and O–H groups in total. The summed E-state index contributed by atoms with van der Waals surface area (Å²) in [6.45, 7) is 0.617. The number of carbonyl (C=O) groups is 1. The Morgan fingerprint density at radius 2 is 1.58 bits per heavy atom. The van der Waals surface area contributed by atoms with Gasteiger partial charge in [-0.05, 0) is 66.9 Å². The molecule has 0 aliphatic carbocycles. The van der Waals surface area contributed by atoms with Crippen LogP contribution in [0.4, 0.5) is 10.1 Å². The van der Waals surface area contributed by atoms with Crippen LogP contribution in [0.2, 0.25) is 0 Å². The number of halogens is 1. The van der Waals surface area contributed by atoms with Crippen molar-refractivity contribution in [2.75, 3.05) is 23.7 Å². The summed E-state index contributed by atoms with van der Waals surface area (Å²) in [7, 11) is -3.51. The number of ether oxygens (including phenoxy) is 1. The van der Waals surface area contributed by atoms with Gasteiger partial charge in [0.25, 0.3) is 0 Å². The van der Waals surface area contributed by atoms with Gasteiger partial charge in [-0.25, -0.2) is 12.8 Å². The molecule has 6 nitrogen and oxygen atoms in total. The molecule has 174 valence electrons. The number of carbonyl (C=O) groups excluding carboxylic acids is 1. The minimum atomic E-state index is -3.51. The van der Waals surface area contributed by atoms with Gasteiger partial charge in [0, 0.05) is 19.5 Å². The van der Waals surface area contributed by atoms with Gasteiger partial charge >= 0.3 is 0 Å². The molecule has 0 spiro atoms. The molecule has 0 saturated heterocycles. The molecule has 0 bridgehead atoms. The van der Waals surface area contributed by atoms with E-state index in [-0.39, 0.29) is 24.7 Å². The SMILES string of the molecule is CS(=O)(=O)N(CCCC(=O)NCCc1ccc(F)cc1)c1ccc(Oc2ccccc2)cc1. The van der Waals surface area contributed by atoms with Gasteiger partial charge in [-0.15, -0.1) is 0 Å². The monoisotopic (exact) mass is 470 g/mol. The minimum Gasteiger partial charge on any atom is -0.457 e. The lowest BCUT2D eigenvalue weighted by atomic mass is 10.1. The van der Waals surface area contributed by atoms with Gasteiger partial charge in [0.15, 0.2) is 0 Å². The van der Waals surface area contributed by atoms with Crippen LogP contribution in [0.15, 0.2) is 78.9 Å². The maximum atomic E-state index is 12.9. The van der Waals surface area contributed by atoms with Crippen LogP contribution < -0.4 is 14.4 Å². The molecule has 0 saturated carbocycles. The fraction of sp³-hybridized carbons (Fsp3) is 0.240. The van der Waals surface area contributed by atoms with Crippen LogP contribution in [0.1, 0.15) is 18.4 Å². The lowest BCUT2D eigenvalue weighted by Crippen LogP contribution is -2.32. The molecule has 3 aromatic carbocycles. The highest BCUT2D eigenvalue weighted by atomic mass is 32.2. The van der Waals surface area contributed by atoms with Crippen molar-refractivity contribution in [3.63, 3.8) is 0 Å². The zero-order valence-corrected chi connectivity index (χ0v) is 19.2. The zero-order chi connectivity index (χ0) is 23.7. The predicted molar refractivity (Wildman–Crippen MR) is 127 cm³/mol. The standard InChI is InChI=1S/C25H27FN2O4S/c1-33(30,31)28(22-13-15-24(16-14-22)32-23-6-3-2-4-7-23)19-5-8-25(29)27-18-17-20-9-11-21(26)12-10-20/h2-4,6-7,9-16H,5,8,17-19H2,1H3,(H,27,29). The van der Waals surface area contributed by atoms with Crippen molar-refractivity contribution in [1.29, 1.82) is 0 Å². The Morgan fingerprint density at radius 3 is 2.21 bits per heavy atom. The number of rotatable bonds is 11. The quantitative estimate of drug-likeness (QED) is 0.447. The number of hydrogen-bond acceptors (Lipinski definition) is 4. The number of anilines is 1. The van der Waals surface area contributed by atoms with Crippen LogP contribution in [0, 0.1) is 5.82 Å². The zero-order valence-electron chi connectivity index (χ0n) is 18.4. The Labute approximate surface area is 194 Å². The van der Waals surface area contributed by atoms with E-state index in [2.05, 4.69) is 5.32 Å². The number of nitrogens with one attached hydrogen (secondary N) is 1. The Balaban J connectivity index is 1.49. The largest absolute Gasteiger partial charge is 0.457 e. The number of nitrogens with zero attached hydrogens (tertiary/aromatic N) is 1. The summed E-state index contributed by atoms with van der Waals surface area (Å²) in [5.41, 5.74) is 1.44. The number of sulfonamides is 1. The second kappa shape index (κ2) is 11.5. The van der Waals surface area contributed by atoms with Crippen LogP contribution in [-0.2, 0) is 21.2 Å². The normalized spacial score (nSPS) is 11.1. The summed E-state index contributed by atoms with van der Waals surface area (Å²) in [6.07, 6.45) is 2.31. The molecule has 3 rings (SSSR count). The molecule has 33 heavy (non-hydrogen) atoms. The summed E-state index contributed by atoms with van der Waals surface area (Å²) in [5, 5.41) is 2.81. The molecular weight excluding hydrogens is 443 g/mol. The molecule has 0 aliphatic heterocycles. The van der Waals surface area contributed by atoms with E-state index in [9.17, 15) is 17.6 Å². The molecule has 0 radical (unpaired) electrons. The van der Waals surface area contributed by atoms with Gasteiger partial charge in [0.2, 0.25) is 15.9 Å². The van der Waals surface area contributed by atoms with Crippen molar-refractivity contribution in [1.82, 2.24) is 5.32 Å². The van der Waals surface area contributed by atoms with Crippen LogP contribution >= 0.6 is 0 Å². The van der Waals surface area contributed by atoms with Crippen molar-refractivity contribution in [2.24, 2.45) is 0 Å². The fourth-order valence-electron chi connectivity index (χ4n) is 3.26. The lowest BCUT2D eigenvalue weighted by Gasteiger charge is -2.22. The first-order valence-electron chi connectivity index (χ1n) is 10.6. The second-order valence-corrected chi connectivity index (χ2v) is 9.48. The van der Waals surface area contributed by atoms with E-state index in [1.165, 1.54) is 16.4 Å². The van der Waals surface area contributed by atoms with Crippen molar-refractivity contribution < 1.29 is 22.3 Å². The van der Waals surface area contributed by atoms with E-state index in [0.29, 0.717) is 36.6 Å². The van der Waals surface area contributed by atoms with E-state index < -0.39 is 10.0 Å². The number of hydrogen-bond donors (Lipinski definition) is 1. The predicted octanol–water partition coefficient (Wildman–Crippen LogP) is 4.52. The Kier molecular flexibility index (Phi) is 8.43. The van der Waals surface area contributed by atoms with Crippen molar-refractivity contribution in [3.05, 3.63) is 90.2 Å². The molecule has 0 heterocycles. The molecule has 0 aliphatic rings. The molecule has 1 amide bonds. The highest BCUT2D eigenvalue weighted by Crippen LogP contribution is 2.25. The van der Waals surface area contributed by atoms with Crippen molar-refractivity contribution >= 4 is 21.6 Å². The molecule has 0 fully saturated rings. The van der Waals surface area contributed by atoms with Gasteiger partial charge in [-0.3, -0.25) is 9.10 Å². The summed E-state index contributed by atoms with van der Waals surface area (Å²) in [5.74, 6) is 0.836. The number of para-hydroxylation sites is 1. The van der Waals surface area contributed by atoms with E-state index in [1.54, 1.807) is 36.4 Å². The Bertz CT molecular complexity index is 1140.